The molecule has 3 N–H and O–H groups in total. The zero-order chi connectivity index (χ0) is 19.1. The van der Waals surface area contributed by atoms with Crippen LogP contribution in [-0.4, -0.2) is 53.3 Å². The number of benzene rings is 1. The molecule has 7 nitrogen and oxygen atoms in total. The predicted molar refractivity (Wildman–Crippen MR) is 109 cm³/mol. The molecule has 0 spiro atoms. The van der Waals surface area contributed by atoms with Gasteiger partial charge in [0, 0.05) is 35.7 Å². The van der Waals surface area contributed by atoms with Gasteiger partial charge in [0.2, 0.25) is 0 Å². The molecule has 1 aliphatic heterocycles. The van der Waals surface area contributed by atoms with Crippen molar-refractivity contribution >= 4 is 33.5 Å². The van der Waals surface area contributed by atoms with Gasteiger partial charge in [-0.25, -0.2) is 9.97 Å². The molecule has 2 heterocycles. The Morgan fingerprint density at radius 2 is 2.15 bits per heavy atom. The third-order valence-corrected chi connectivity index (χ3v) is 5.08. The molecule has 2 aromatic rings. The van der Waals surface area contributed by atoms with E-state index in [0.717, 1.165) is 36.1 Å². The van der Waals surface area contributed by atoms with Crippen LogP contribution < -0.4 is 15.5 Å². The van der Waals surface area contributed by atoms with E-state index in [4.69, 9.17) is 0 Å². The summed E-state index contributed by atoms with van der Waals surface area (Å²) >= 11 is 3.37. The number of hydrogen-bond acceptors (Lipinski definition) is 6. The quantitative estimate of drug-likeness (QED) is 0.580. The van der Waals surface area contributed by atoms with Crippen molar-refractivity contribution in [2.45, 2.75) is 25.3 Å². The molecule has 3 rings (SSSR count). The Morgan fingerprint density at radius 1 is 1.26 bits per heavy atom. The second kappa shape index (κ2) is 9.66. The summed E-state index contributed by atoms with van der Waals surface area (Å²) in [6.07, 6.45) is 4.74. The Hall–Kier alpha value is -2.19. The van der Waals surface area contributed by atoms with Gasteiger partial charge >= 0.3 is 0 Å². The lowest BCUT2D eigenvalue weighted by molar-refractivity contribution is 0.0955. The maximum atomic E-state index is 12.1. The van der Waals surface area contributed by atoms with Crippen LogP contribution in [0.15, 0.2) is 41.1 Å². The van der Waals surface area contributed by atoms with Crippen molar-refractivity contribution in [2.75, 3.05) is 36.5 Å². The van der Waals surface area contributed by atoms with E-state index >= 15 is 0 Å². The second-order valence-corrected chi connectivity index (χ2v) is 7.40. The van der Waals surface area contributed by atoms with E-state index in [1.54, 1.807) is 12.1 Å². The molecule has 0 bridgehead atoms. The Labute approximate surface area is 167 Å². The van der Waals surface area contributed by atoms with Gasteiger partial charge < -0.3 is 20.6 Å². The van der Waals surface area contributed by atoms with Crippen molar-refractivity contribution in [2.24, 2.45) is 0 Å². The zero-order valence-electron chi connectivity index (χ0n) is 15.1. The third-order valence-electron chi connectivity index (χ3n) is 4.59. The minimum absolute atomic E-state index is 0.111. The average Bonchev–Trinajstić information content (AvgIpc) is 2.71. The van der Waals surface area contributed by atoms with Crippen molar-refractivity contribution in [1.82, 2.24) is 15.3 Å². The Bertz CT molecular complexity index is 773. The molecule has 1 aromatic heterocycles. The SMILES string of the molecule is O=C(NCCNc1cc(N2CCCCC2CO)ncn1)c1cccc(Br)c1. The summed E-state index contributed by atoms with van der Waals surface area (Å²) in [6, 6.07) is 9.29. The summed E-state index contributed by atoms with van der Waals surface area (Å²) in [7, 11) is 0. The van der Waals surface area contributed by atoms with Crippen molar-refractivity contribution in [3.63, 3.8) is 0 Å². The third kappa shape index (κ3) is 5.40. The van der Waals surface area contributed by atoms with Crippen LogP contribution in [0.4, 0.5) is 11.6 Å². The zero-order valence-corrected chi connectivity index (χ0v) is 16.7. The normalized spacial score (nSPS) is 16.8. The molecule has 144 valence electrons. The monoisotopic (exact) mass is 433 g/mol. The summed E-state index contributed by atoms with van der Waals surface area (Å²) in [6.45, 7) is 2.06. The molecule has 0 aliphatic carbocycles. The maximum absolute atomic E-state index is 12.1. The molecule has 1 saturated heterocycles. The summed E-state index contributed by atoms with van der Waals surface area (Å²) in [5.74, 6) is 1.42. The highest BCUT2D eigenvalue weighted by atomic mass is 79.9. The molecule has 0 saturated carbocycles. The summed E-state index contributed by atoms with van der Waals surface area (Å²) in [4.78, 5) is 22.9. The predicted octanol–water partition coefficient (Wildman–Crippen LogP) is 2.43. The van der Waals surface area contributed by atoms with Crippen LogP contribution >= 0.6 is 15.9 Å². The molecule has 1 unspecified atom stereocenters. The molecule has 1 fully saturated rings. The molecule has 1 aromatic carbocycles. The van der Waals surface area contributed by atoms with Crippen LogP contribution in [0.1, 0.15) is 29.6 Å². The largest absolute Gasteiger partial charge is 0.394 e. The van der Waals surface area contributed by atoms with Crippen LogP contribution in [0.2, 0.25) is 0 Å². The number of piperidine rings is 1. The number of nitrogens with one attached hydrogen (secondary N) is 2. The molecule has 1 amide bonds. The lowest BCUT2D eigenvalue weighted by Gasteiger charge is -2.35. The summed E-state index contributed by atoms with van der Waals surface area (Å²) in [5.41, 5.74) is 0.619. The number of nitrogens with zero attached hydrogens (tertiary/aromatic N) is 3. The first kappa shape index (κ1) is 19.6. The smallest absolute Gasteiger partial charge is 0.251 e. The van der Waals surface area contributed by atoms with Crippen molar-refractivity contribution in [1.29, 1.82) is 0 Å². The molecular weight excluding hydrogens is 410 g/mol. The van der Waals surface area contributed by atoms with Crippen LogP contribution in [0.3, 0.4) is 0 Å². The number of carbonyl (C=O) groups excluding carboxylic acids is 1. The molecule has 8 heteroatoms. The number of anilines is 2. The number of amides is 1. The fourth-order valence-corrected chi connectivity index (χ4v) is 3.59. The van der Waals surface area contributed by atoms with Crippen LogP contribution in [0.25, 0.3) is 0 Å². The Balaban J connectivity index is 1.50. The van der Waals surface area contributed by atoms with Crippen molar-refractivity contribution in [3.8, 4) is 0 Å². The average molecular weight is 434 g/mol. The second-order valence-electron chi connectivity index (χ2n) is 6.48. The molecule has 27 heavy (non-hydrogen) atoms. The van der Waals surface area contributed by atoms with Gasteiger partial charge in [-0.2, -0.15) is 0 Å². The highest BCUT2D eigenvalue weighted by Crippen LogP contribution is 2.23. The first-order valence-corrected chi connectivity index (χ1v) is 9.94. The van der Waals surface area contributed by atoms with E-state index < -0.39 is 0 Å². The number of aliphatic hydroxyl groups is 1. The van der Waals surface area contributed by atoms with Gasteiger partial charge in [0.25, 0.3) is 5.91 Å². The first-order chi connectivity index (χ1) is 13.2. The van der Waals surface area contributed by atoms with Gasteiger partial charge in [-0.1, -0.05) is 22.0 Å². The Morgan fingerprint density at radius 3 is 2.96 bits per heavy atom. The fourth-order valence-electron chi connectivity index (χ4n) is 3.19. The standard InChI is InChI=1S/C19H24BrN5O2/c20-15-5-3-4-14(10-15)19(27)22-8-7-21-17-11-18(24-13-23-17)25-9-2-1-6-16(25)12-26/h3-5,10-11,13,16,26H,1-2,6-9,12H2,(H,22,27)(H,21,23,24). The fraction of sp³-hybridized carbons (Fsp3) is 0.421. The van der Waals surface area contributed by atoms with E-state index in [0.29, 0.717) is 24.5 Å². The minimum Gasteiger partial charge on any atom is -0.394 e. The lowest BCUT2D eigenvalue weighted by atomic mass is 10.0. The summed E-state index contributed by atoms with van der Waals surface area (Å²) in [5, 5.41) is 15.7. The summed E-state index contributed by atoms with van der Waals surface area (Å²) < 4.78 is 0.876. The molecular formula is C19H24BrN5O2. The van der Waals surface area contributed by atoms with Gasteiger partial charge in [0.15, 0.2) is 0 Å². The first-order valence-electron chi connectivity index (χ1n) is 9.14. The Kier molecular flexibility index (Phi) is 7.00. The van der Waals surface area contributed by atoms with E-state index in [2.05, 4.69) is 41.4 Å². The van der Waals surface area contributed by atoms with Gasteiger partial charge in [-0.15, -0.1) is 0 Å². The lowest BCUT2D eigenvalue weighted by Crippen LogP contribution is -2.42. The van der Waals surface area contributed by atoms with Crippen molar-refractivity contribution < 1.29 is 9.90 Å². The van der Waals surface area contributed by atoms with E-state index in [1.165, 1.54) is 6.33 Å². The van der Waals surface area contributed by atoms with Crippen LogP contribution in [-0.2, 0) is 0 Å². The highest BCUT2D eigenvalue weighted by molar-refractivity contribution is 9.10. The van der Waals surface area contributed by atoms with Gasteiger partial charge in [0.05, 0.1) is 12.6 Å². The van der Waals surface area contributed by atoms with Gasteiger partial charge in [-0.05, 0) is 37.5 Å². The van der Waals surface area contributed by atoms with Crippen LogP contribution in [0, 0.1) is 0 Å². The van der Waals surface area contributed by atoms with Crippen molar-refractivity contribution in [3.05, 3.63) is 46.7 Å². The number of halogens is 1. The van der Waals surface area contributed by atoms with Gasteiger partial charge in [-0.3, -0.25) is 4.79 Å². The van der Waals surface area contributed by atoms with E-state index in [9.17, 15) is 9.90 Å². The van der Waals surface area contributed by atoms with Gasteiger partial charge in [0.1, 0.15) is 18.0 Å². The molecule has 0 radical (unpaired) electrons. The highest BCUT2D eigenvalue weighted by Gasteiger charge is 2.23. The minimum atomic E-state index is -0.111. The van der Waals surface area contributed by atoms with E-state index in [1.807, 2.05) is 18.2 Å². The number of hydrogen-bond donors (Lipinski definition) is 3. The number of aromatic nitrogens is 2. The molecule has 1 aliphatic rings. The van der Waals surface area contributed by atoms with E-state index in [-0.39, 0.29) is 18.6 Å². The molecule has 1 atom stereocenters. The number of aliphatic hydroxyl groups excluding tert-OH is 1. The number of rotatable bonds is 7. The maximum Gasteiger partial charge on any atom is 0.251 e. The topological polar surface area (TPSA) is 90.4 Å². The number of carbonyl (C=O) groups is 1. The van der Waals surface area contributed by atoms with Crippen LogP contribution in [0.5, 0.6) is 0 Å².